The predicted octanol–water partition coefficient (Wildman–Crippen LogP) is 6.07. The van der Waals surface area contributed by atoms with Gasteiger partial charge in [0.1, 0.15) is 6.61 Å². The molecule has 1 amide bonds. The molecule has 1 aliphatic heterocycles. The van der Waals surface area contributed by atoms with Gasteiger partial charge in [-0.3, -0.25) is 4.79 Å². The van der Waals surface area contributed by atoms with Gasteiger partial charge in [-0.15, -0.1) is 0 Å². The molecular formula is C23H17Cl2NO3. The minimum absolute atomic E-state index is 0.163. The summed E-state index contributed by atoms with van der Waals surface area (Å²) in [6, 6.07) is 18.4. The molecule has 0 bridgehead atoms. The Morgan fingerprint density at radius 3 is 2.45 bits per heavy atom. The monoisotopic (exact) mass is 425 g/mol. The number of nitrogens with one attached hydrogen (secondary N) is 1. The van der Waals surface area contributed by atoms with Crippen LogP contribution in [0.4, 0.5) is 5.69 Å². The number of ether oxygens (including phenoxy) is 2. The molecule has 0 radical (unpaired) electrons. The first-order valence-corrected chi connectivity index (χ1v) is 9.67. The minimum Gasteiger partial charge on any atom is -0.493 e. The van der Waals surface area contributed by atoms with Gasteiger partial charge in [-0.2, -0.15) is 0 Å². The summed E-state index contributed by atoms with van der Waals surface area (Å²) in [4.78, 5) is 12.4. The summed E-state index contributed by atoms with van der Waals surface area (Å²) in [5.74, 6) is 1.04. The largest absolute Gasteiger partial charge is 0.493 e. The molecule has 4 rings (SSSR count). The second kappa shape index (κ2) is 8.19. The second-order valence-corrected chi connectivity index (χ2v) is 7.40. The topological polar surface area (TPSA) is 47.6 Å². The fourth-order valence-corrected chi connectivity index (χ4v) is 3.41. The summed E-state index contributed by atoms with van der Waals surface area (Å²) in [6.07, 6.45) is 1.82. The first-order valence-electron chi connectivity index (χ1n) is 8.92. The van der Waals surface area contributed by atoms with Crippen molar-refractivity contribution in [3.05, 3.63) is 87.4 Å². The van der Waals surface area contributed by atoms with Crippen LogP contribution in [0.5, 0.6) is 11.5 Å². The van der Waals surface area contributed by atoms with E-state index in [-0.39, 0.29) is 5.91 Å². The SMILES string of the molecule is COc1cc(/C=C2\C(=O)Nc3cc(Cl)ccc32)ccc1OCc1ccc(Cl)cc1. The van der Waals surface area contributed by atoms with E-state index < -0.39 is 0 Å². The Morgan fingerprint density at radius 1 is 0.931 bits per heavy atom. The van der Waals surface area contributed by atoms with Gasteiger partial charge in [0.05, 0.1) is 12.8 Å². The van der Waals surface area contributed by atoms with Crippen molar-refractivity contribution >= 4 is 46.4 Å². The summed E-state index contributed by atoms with van der Waals surface area (Å²) >= 11 is 11.9. The number of hydrogen-bond acceptors (Lipinski definition) is 3. The standard InChI is InChI=1S/C23H17Cl2NO3/c1-28-22-11-15(4-9-21(22)29-13-14-2-5-16(24)6-3-14)10-19-18-8-7-17(25)12-20(18)26-23(19)27/h2-12H,13H2,1H3,(H,26,27)/b19-10-. The highest BCUT2D eigenvalue weighted by Crippen LogP contribution is 2.36. The van der Waals surface area contributed by atoms with Crippen LogP contribution < -0.4 is 14.8 Å². The van der Waals surface area contributed by atoms with Crippen LogP contribution in [0.25, 0.3) is 11.6 Å². The highest BCUT2D eigenvalue weighted by atomic mass is 35.5. The van der Waals surface area contributed by atoms with Gasteiger partial charge < -0.3 is 14.8 Å². The number of halogens is 2. The third kappa shape index (κ3) is 4.24. The molecule has 4 nitrogen and oxygen atoms in total. The second-order valence-electron chi connectivity index (χ2n) is 6.53. The molecule has 146 valence electrons. The Labute approximate surface area is 178 Å². The summed E-state index contributed by atoms with van der Waals surface area (Å²) in [7, 11) is 1.58. The van der Waals surface area contributed by atoms with E-state index in [0.717, 1.165) is 16.7 Å². The molecule has 0 fully saturated rings. The third-order valence-electron chi connectivity index (χ3n) is 4.57. The van der Waals surface area contributed by atoms with Crippen LogP contribution >= 0.6 is 23.2 Å². The predicted molar refractivity (Wildman–Crippen MR) is 117 cm³/mol. The van der Waals surface area contributed by atoms with Crippen molar-refractivity contribution in [1.82, 2.24) is 0 Å². The molecule has 3 aromatic rings. The van der Waals surface area contributed by atoms with Crippen LogP contribution in [0.15, 0.2) is 60.7 Å². The van der Waals surface area contributed by atoms with Gasteiger partial charge in [0.2, 0.25) is 0 Å². The van der Waals surface area contributed by atoms with Gasteiger partial charge >= 0.3 is 0 Å². The Hall–Kier alpha value is -2.95. The van der Waals surface area contributed by atoms with E-state index in [9.17, 15) is 4.79 Å². The van der Waals surface area contributed by atoms with Gasteiger partial charge in [-0.1, -0.05) is 47.5 Å². The molecular weight excluding hydrogens is 409 g/mol. The molecule has 0 saturated carbocycles. The number of fused-ring (bicyclic) bond motifs is 1. The molecule has 1 heterocycles. The van der Waals surface area contributed by atoms with E-state index >= 15 is 0 Å². The molecule has 0 aliphatic carbocycles. The smallest absolute Gasteiger partial charge is 0.256 e. The van der Waals surface area contributed by atoms with Crippen LogP contribution in [0.2, 0.25) is 10.0 Å². The van der Waals surface area contributed by atoms with Gasteiger partial charge in [-0.05, 0) is 53.6 Å². The minimum atomic E-state index is -0.163. The quantitative estimate of drug-likeness (QED) is 0.504. The number of carbonyl (C=O) groups is 1. The highest BCUT2D eigenvalue weighted by Gasteiger charge is 2.24. The molecule has 6 heteroatoms. The van der Waals surface area contributed by atoms with Crippen molar-refractivity contribution in [1.29, 1.82) is 0 Å². The zero-order chi connectivity index (χ0) is 20.4. The van der Waals surface area contributed by atoms with E-state index in [2.05, 4.69) is 5.32 Å². The fraction of sp³-hybridized carbons (Fsp3) is 0.0870. The zero-order valence-corrected chi connectivity index (χ0v) is 17.1. The summed E-state index contributed by atoms with van der Waals surface area (Å²) < 4.78 is 11.4. The van der Waals surface area contributed by atoms with Crippen molar-refractivity contribution in [3.63, 3.8) is 0 Å². The van der Waals surface area contributed by atoms with Crippen LogP contribution in [0, 0.1) is 0 Å². The molecule has 0 unspecified atom stereocenters. The van der Waals surface area contributed by atoms with E-state index in [1.165, 1.54) is 0 Å². The number of rotatable bonds is 5. The van der Waals surface area contributed by atoms with Gasteiger partial charge in [-0.25, -0.2) is 0 Å². The lowest BCUT2D eigenvalue weighted by Crippen LogP contribution is -2.03. The number of hydrogen-bond donors (Lipinski definition) is 1. The van der Waals surface area contributed by atoms with E-state index in [0.29, 0.717) is 39.4 Å². The third-order valence-corrected chi connectivity index (χ3v) is 5.06. The Bertz CT molecular complexity index is 1110. The van der Waals surface area contributed by atoms with Gasteiger partial charge in [0.25, 0.3) is 5.91 Å². The molecule has 1 aliphatic rings. The Kier molecular flexibility index (Phi) is 5.47. The van der Waals surface area contributed by atoms with Gasteiger partial charge in [0.15, 0.2) is 11.5 Å². The van der Waals surface area contributed by atoms with Crippen molar-refractivity contribution in [3.8, 4) is 11.5 Å². The number of carbonyl (C=O) groups excluding carboxylic acids is 1. The van der Waals surface area contributed by atoms with Crippen LogP contribution in [-0.4, -0.2) is 13.0 Å². The summed E-state index contributed by atoms with van der Waals surface area (Å²) in [5.41, 5.74) is 3.94. The first kappa shape index (κ1) is 19.4. The fourth-order valence-electron chi connectivity index (χ4n) is 3.11. The van der Waals surface area contributed by atoms with Crippen LogP contribution in [0.1, 0.15) is 16.7 Å². The molecule has 0 spiro atoms. The van der Waals surface area contributed by atoms with Crippen molar-refractivity contribution in [2.24, 2.45) is 0 Å². The Balaban J connectivity index is 1.58. The molecule has 0 atom stereocenters. The maximum absolute atomic E-state index is 12.4. The Morgan fingerprint density at radius 2 is 1.69 bits per heavy atom. The maximum atomic E-state index is 12.4. The molecule has 29 heavy (non-hydrogen) atoms. The zero-order valence-electron chi connectivity index (χ0n) is 15.5. The highest BCUT2D eigenvalue weighted by molar-refractivity contribution is 6.36. The van der Waals surface area contributed by atoms with Crippen LogP contribution in [-0.2, 0) is 11.4 Å². The van der Waals surface area contributed by atoms with E-state index in [4.69, 9.17) is 32.7 Å². The number of methoxy groups -OCH3 is 1. The number of amides is 1. The van der Waals surface area contributed by atoms with Crippen LogP contribution in [0.3, 0.4) is 0 Å². The number of anilines is 1. The lowest BCUT2D eigenvalue weighted by atomic mass is 10.0. The lowest BCUT2D eigenvalue weighted by molar-refractivity contribution is -0.110. The lowest BCUT2D eigenvalue weighted by Gasteiger charge is -2.12. The average Bonchev–Trinajstić information content (AvgIpc) is 3.02. The van der Waals surface area contributed by atoms with E-state index in [1.807, 2.05) is 54.6 Å². The summed E-state index contributed by atoms with van der Waals surface area (Å²) in [6.45, 7) is 0.393. The molecule has 3 aromatic carbocycles. The molecule has 0 aromatic heterocycles. The maximum Gasteiger partial charge on any atom is 0.256 e. The van der Waals surface area contributed by atoms with Crippen molar-refractivity contribution in [2.45, 2.75) is 6.61 Å². The van der Waals surface area contributed by atoms with Crippen molar-refractivity contribution in [2.75, 3.05) is 12.4 Å². The number of benzene rings is 3. The summed E-state index contributed by atoms with van der Waals surface area (Å²) in [5, 5.41) is 4.10. The normalized spacial score (nSPS) is 13.9. The average molecular weight is 426 g/mol. The van der Waals surface area contributed by atoms with Gasteiger partial charge in [0, 0.05) is 21.2 Å². The van der Waals surface area contributed by atoms with E-state index in [1.54, 1.807) is 19.2 Å². The first-order chi connectivity index (χ1) is 14.0. The van der Waals surface area contributed by atoms with Crippen molar-refractivity contribution < 1.29 is 14.3 Å². The molecule has 0 saturated heterocycles. The molecule has 1 N–H and O–H groups in total.